The standard InChI is InChI=1S/C22H22ClN3O3S/c1-13-9-14(2)20(18(23)10-13)26(15(3)27)22-25-16(12-30-22)11-29-21(28)17-7-5-6-8-19(17)24-4/h5-10,12,24H,11H2,1-4H3. The van der Waals surface area contributed by atoms with Crippen molar-refractivity contribution in [2.24, 2.45) is 0 Å². The minimum Gasteiger partial charge on any atom is -0.455 e. The number of esters is 1. The maximum absolute atomic E-state index is 12.4. The van der Waals surface area contributed by atoms with Gasteiger partial charge in [-0.25, -0.2) is 9.78 Å². The SMILES string of the molecule is CNc1ccccc1C(=O)OCc1csc(N(C(C)=O)c2c(C)cc(C)cc2Cl)n1. The lowest BCUT2D eigenvalue weighted by molar-refractivity contribution is -0.115. The first-order valence-electron chi connectivity index (χ1n) is 9.27. The number of hydrogen-bond donors (Lipinski definition) is 1. The van der Waals surface area contributed by atoms with Gasteiger partial charge in [-0.15, -0.1) is 11.3 Å². The van der Waals surface area contributed by atoms with E-state index in [0.29, 0.717) is 32.8 Å². The Hall–Kier alpha value is -2.90. The molecule has 1 N–H and O–H groups in total. The first-order valence-corrected chi connectivity index (χ1v) is 10.5. The fourth-order valence-electron chi connectivity index (χ4n) is 3.14. The van der Waals surface area contributed by atoms with Crippen LogP contribution in [0.25, 0.3) is 0 Å². The number of aryl methyl sites for hydroxylation is 2. The Morgan fingerprint density at radius 3 is 2.63 bits per heavy atom. The monoisotopic (exact) mass is 443 g/mol. The molecule has 0 saturated carbocycles. The Bertz CT molecular complexity index is 1070. The van der Waals surface area contributed by atoms with Gasteiger partial charge in [0.15, 0.2) is 5.13 Å². The minimum atomic E-state index is -0.449. The van der Waals surface area contributed by atoms with Gasteiger partial charge < -0.3 is 10.1 Å². The molecule has 0 atom stereocenters. The number of amides is 1. The number of anilines is 3. The van der Waals surface area contributed by atoms with E-state index in [1.807, 2.05) is 32.0 Å². The third kappa shape index (κ3) is 4.63. The Balaban J connectivity index is 1.81. The van der Waals surface area contributed by atoms with Gasteiger partial charge in [-0.3, -0.25) is 9.69 Å². The summed E-state index contributed by atoms with van der Waals surface area (Å²) >= 11 is 7.73. The summed E-state index contributed by atoms with van der Waals surface area (Å²) in [6.45, 7) is 5.31. The second-order valence-corrected chi connectivity index (χ2v) is 8.00. The molecule has 30 heavy (non-hydrogen) atoms. The number of carbonyl (C=O) groups is 2. The van der Waals surface area contributed by atoms with Crippen LogP contribution in [0.5, 0.6) is 0 Å². The summed E-state index contributed by atoms with van der Waals surface area (Å²) in [4.78, 5) is 30.8. The molecule has 3 aromatic rings. The molecule has 0 aliphatic rings. The fourth-order valence-corrected chi connectivity index (χ4v) is 4.40. The van der Waals surface area contributed by atoms with Crippen molar-refractivity contribution in [1.82, 2.24) is 4.98 Å². The second-order valence-electron chi connectivity index (χ2n) is 6.76. The van der Waals surface area contributed by atoms with E-state index < -0.39 is 5.97 Å². The lowest BCUT2D eigenvalue weighted by Gasteiger charge is -2.22. The number of benzene rings is 2. The van der Waals surface area contributed by atoms with Gasteiger partial charge in [0, 0.05) is 25.0 Å². The average Bonchev–Trinajstić information content (AvgIpc) is 3.16. The van der Waals surface area contributed by atoms with Crippen LogP contribution in [0.3, 0.4) is 0 Å². The van der Waals surface area contributed by atoms with Crippen molar-refractivity contribution in [3.8, 4) is 0 Å². The molecule has 1 aromatic heterocycles. The van der Waals surface area contributed by atoms with Crippen LogP contribution < -0.4 is 10.2 Å². The topological polar surface area (TPSA) is 71.5 Å². The maximum atomic E-state index is 12.4. The highest BCUT2D eigenvalue weighted by molar-refractivity contribution is 7.14. The molecule has 2 aromatic carbocycles. The van der Waals surface area contributed by atoms with Crippen molar-refractivity contribution in [3.05, 3.63) is 69.2 Å². The zero-order valence-electron chi connectivity index (χ0n) is 17.2. The van der Waals surface area contributed by atoms with Crippen molar-refractivity contribution in [2.75, 3.05) is 17.3 Å². The van der Waals surface area contributed by atoms with E-state index in [1.54, 1.807) is 30.6 Å². The fraction of sp³-hybridized carbons (Fsp3) is 0.227. The Labute approximate surface area is 184 Å². The number of ether oxygens (including phenoxy) is 1. The van der Waals surface area contributed by atoms with Crippen LogP contribution in [0.1, 0.15) is 34.1 Å². The van der Waals surface area contributed by atoms with Crippen molar-refractivity contribution in [1.29, 1.82) is 0 Å². The highest BCUT2D eigenvalue weighted by Crippen LogP contribution is 2.37. The van der Waals surface area contributed by atoms with Crippen molar-refractivity contribution in [3.63, 3.8) is 0 Å². The minimum absolute atomic E-state index is 0.000259. The normalized spacial score (nSPS) is 10.6. The highest BCUT2D eigenvalue weighted by atomic mass is 35.5. The lowest BCUT2D eigenvalue weighted by atomic mass is 10.1. The Morgan fingerprint density at radius 1 is 1.23 bits per heavy atom. The van der Waals surface area contributed by atoms with E-state index >= 15 is 0 Å². The molecule has 6 nitrogen and oxygen atoms in total. The molecule has 3 rings (SSSR count). The quantitative estimate of drug-likeness (QED) is 0.509. The van der Waals surface area contributed by atoms with Crippen LogP contribution in [0.2, 0.25) is 5.02 Å². The largest absolute Gasteiger partial charge is 0.455 e. The lowest BCUT2D eigenvalue weighted by Crippen LogP contribution is -2.24. The zero-order chi connectivity index (χ0) is 21.8. The molecule has 0 spiro atoms. The molecule has 8 heteroatoms. The Kier molecular flexibility index (Phi) is 6.74. The first-order chi connectivity index (χ1) is 14.3. The molecule has 0 fully saturated rings. The van der Waals surface area contributed by atoms with Gasteiger partial charge in [0.2, 0.25) is 5.91 Å². The van der Waals surface area contributed by atoms with Gasteiger partial charge in [-0.1, -0.05) is 29.8 Å². The number of rotatable bonds is 6. The van der Waals surface area contributed by atoms with Gasteiger partial charge in [-0.2, -0.15) is 0 Å². The summed E-state index contributed by atoms with van der Waals surface area (Å²) in [7, 11) is 1.74. The van der Waals surface area contributed by atoms with Gasteiger partial charge in [-0.05, 0) is 43.2 Å². The van der Waals surface area contributed by atoms with Crippen LogP contribution in [-0.4, -0.2) is 23.9 Å². The van der Waals surface area contributed by atoms with Gasteiger partial charge in [0.1, 0.15) is 6.61 Å². The number of halogens is 1. The van der Waals surface area contributed by atoms with Crippen molar-refractivity contribution < 1.29 is 14.3 Å². The summed E-state index contributed by atoms with van der Waals surface area (Å²) < 4.78 is 5.41. The van der Waals surface area contributed by atoms with Crippen LogP contribution in [0, 0.1) is 13.8 Å². The van der Waals surface area contributed by atoms with Crippen molar-refractivity contribution >= 4 is 51.3 Å². The highest BCUT2D eigenvalue weighted by Gasteiger charge is 2.23. The van der Waals surface area contributed by atoms with E-state index in [9.17, 15) is 9.59 Å². The predicted octanol–water partition coefficient (Wildman–Crippen LogP) is 5.50. The molecule has 156 valence electrons. The molecule has 0 saturated heterocycles. The van der Waals surface area contributed by atoms with Gasteiger partial charge >= 0.3 is 5.97 Å². The second kappa shape index (κ2) is 9.28. The van der Waals surface area contributed by atoms with E-state index in [4.69, 9.17) is 16.3 Å². The number of hydrogen-bond acceptors (Lipinski definition) is 6. The van der Waals surface area contributed by atoms with E-state index in [2.05, 4.69) is 10.3 Å². The molecule has 0 unspecified atom stereocenters. The zero-order valence-corrected chi connectivity index (χ0v) is 18.7. The number of nitrogens with zero attached hydrogens (tertiary/aromatic N) is 2. The van der Waals surface area contributed by atoms with Crippen LogP contribution in [0.15, 0.2) is 41.8 Å². The molecule has 0 aliphatic heterocycles. The number of thiazole rings is 1. The summed E-state index contributed by atoms with van der Waals surface area (Å²) in [5, 5.41) is 5.68. The number of carbonyl (C=O) groups excluding carboxylic acids is 2. The predicted molar refractivity (Wildman–Crippen MR) is 121 cm³/mol. The number of aromatic nitrogens is 1. The molecule has 1 amide bonds. The maximum Gasteiger partial charge on any atom is 0.340 e. The average molecular weight is 444 g/mol. The summed E-state index contributed by atoms with van der Waals surface area (Å²) in [5.74, 6) is -0.653. The third-order valence-corrected chi connectivity index (χ3v) is 5.60. The van der Waals surface area contributed by atoms with Gasteiger partial charge in [0.25, 0.3) is 0 Å². The molecule has 0 aliphatic carbocycles. The number of nitrogens with one attached hydrogen (secondary N) is 1. The molecular formula is C22H22ClN3O3S. The van der Waals surface area contributed by atoms with Crippen molar-refractivity contribution in [2.45, 2.75) is 27.4 Å². The third-order valence-electron chi connectivity index (χ3n) is 4.44. The molecular weight excluding hydrogens is 422 g/mol. The van der Waals surface area contributed by atoms with E-state index in [-0.39, 0.29) is 12.5 Å². The summed E-state index contributed by atoms with van der Waals surface area (Å²) in [6.07, 6.45) is 0. The number of para-hydroxylation sites is 1. The summed E-state index contributed by atoms with van der Waals surface area (Å²) in [5.41, 5.74) is 4.19. The summed E-state index contributed by atoms with van der Waals surface area (Å²) in [6, 6.07) is 10.9. The van der Waals surface area contributed by atoms with E-state index in [0.717, 1.165) is 11.1 Å². The Morgan fingerprint density at radius 2 is 1.97 bits per heavy atom. The van der Waals surface area contributed by atoms with Crippen LogP contribution in [-0.2, 0) is 16.1 Å². The molecule has 0 bridgehead atoms. The van der Waals surface area contributed by atoms with Gasteiger partial charge in [0.05, 0.1) is 22.0 Å². The van der Waals surface area contributed by atoms with Crippen LogP contribution in [0.4, 0.5) is 16.5 Å². The first kappa shape index (κ1) is 21.8. The molecule has 1 heterocycles. The molecule has 0 radical (unpaired) electrons. The smallest absolute Gasteiger partial charge is 0.340 e. The van der Waals surface area contributed by atoms with E-state index in [1.165, 1.54) is 23.2 Å². The van der Waals surface area contributed by atoms with Crippen LogP contribution >= 0.6 is 22.9 Å².